The van der Waals surface area contributed by atoms with Crippen LogP contribution >= 0.6 is 45.9 Å². The van der Waals surface area contributed by atoms with Gasteiger partial charge in [-0.25, -0.2) is 0 Å². The summed E-state index contributed by atoms with van der Waals surface area (Å²) in [5.74, 6) is 1.29. The van der Waals surface area contributed by atoms with Crippen LogP contribution in [-0.2, 0) is 0 Å². The van der Waals surface area contributed by atoms with Crippen LogP contribution in [0.1, 0.15) is 0 Å². The smallest absolute Gasteiger partial charge is 0.182 e. The van der Waals surface area contributed by atoms with Crippen LogP contribution in [0.5, 0.6) is 0 Å². The minimum Gasteiger partial charge on any atom is -0.182 e. The number of nitrogens with zero attached hydrogens (tertiary/aromatic N) is 8. The molecular formula is C24H12Cl2N8S2. The molecule has 0 aliphatic carbocycles. The monoisotopic (exact) mass is 546 g/mol. The fourth-order valence-electron chi connectivity index (χ4n) is 3.85. The quantitative estimate of drug-likeness (QED) is 0.245. The summed E-state index contributed by atoms with van der Waals surface area (Å²) >= 11 is 15.6. The molecular weight excluding hydrogens is 535 g/mol. The van der Waals surface area contributed by atoms with Crippen LogP contribution in [0.25, 0.3) is 53.8 Å². The molecule has 0 unspecified atom stereocenters. The van der Waals surface area contributed by atoms with Gasteiger partial charge in [-0.2, -0.15) is 19.2 Å². The minimum atomic E-state index is 0.646. The van der Waals surface area contributed by atoms with E-state index in [1.54, 1.807) is 9.03 Å². The summed E-state index contributed by atoms with van der Waals surface area (Å²) in [4.78, 5) is 1.38. The van der Waals surface area contributed by atoms with E-state index in [2.05, 4.69) is 20.4 Å². The summed E-state index contributed by atoms with van der Waals surface area (Å²) in [6.07, 6.45) is 0. The van der Waals surface area contributed by atoms with Crippen LogP contribution in [0.2, 0.25) is 10.0 Å². The van der Waals surface area contributed by atoms with E-state index in [1.165, 1.54) is 22.7 Å². The Bertz CT molecular complexity index is 1750. The van der Waals surface area contributed by atoms with E-state index in [0.717, 1.165) is 32.3 Å². The normalized spacial score (nSPS) is 11.6. The molecule has 0 radical (unpaired) electrons. The zero-order chi connectivity index (χ0) is 24.2. The standard InChI is InChI=1S/C24H12Cl2N8S2/c25-17-7-3-1-5-15(17)21-31-33-19(27-29-23(33)35-21)13-9-11-14(12-10-13)20-28-30-24-34(20)32-22(36-24)16-6-2-4-8-18(16)26/h1-12H. The molecule has 7 aromatic rings. The lowest BCUT2D eigenvalue weighted by Gasteiger charge is -2.01. The van der Waals surface area contributed by atoms with Gasteiger partial charge in [0.05, 0.1) is 10.0 Å². The number of hydrogen-bond acceptors (Lipinski definition) is 8. The average molecular weight is 547 g/mol. The SMILES string of the molecule is Clc1ccccc1-c1nn2c(-c3ccc(-c4nnc5sc(-c6ccccc6Cl)nn45)cc3)nnc2s1. The molecule has 4 heterocycles. The third-order valence-electron chi connectivity index (χ3n) is 5.59. The Morgan fingerprint density at radius 1 is 0.528 bits per heavy atom. The van der Waals surface area contributed by atoms with Crippen molar-refractivity contribution in [1.82, 2.24) is 39.6 Å². The van der Waals surface area contributed by atoms with E-state index in [-0.39, 0.29) is 0 Å². The van der Waals surface area contributed by atoms with Crippen LogP contribution in [-0.4, -0.2) is 39.6 Å². The number of halogens is 2. The Morgan fingerprint density at radius 2 is 0.944 bits per heavy atom. The Balaban J connectivity index is 1.24. The second kappa shape index (κ2) is 8.45. The molecule has 0 N–H and O–H groups in total. The summed E-state index contributed by atoms with van der Waals surface area (Å²) in [6.45, 7) is 0. The lowest BCUT2D eigenvalue weighted by Crippen LogP contribution is -1.93. The zero-order valence-corrected chi connectivity index (χ0v) is 21.2. The fourth-order valence-corrected chi connectivity index (χ4v) is 6.17. The summed E-state index contributed by atoms with van der Waals surface area (Å²) in [5, 5.41) is 29.6. The second-order valence-corrected chi connectivity index (χ2v) is 10.5. The van der Waals surface area contributed by atoms with Gasteiger partial charge in [-0.05, 0) is 12.1 Å². The number of rotatable bonds is 4. The van der Waals surface area contributed by atoms with Gasteiger partial charge < -0.3 is 0 Å². The molecule has 174 valence electrons. The second-order valence-electron chi connectivity index (χ2n) is 7.79. The highest BCUT2D eigenvalue weighted by Crippen LogP contribution is 2.34. The molecule has 0 amide bonds. The molecule has 3 aromatic carbocycles. The molecule has 7 rings (SSSR count). The first kappa shape index (κ1) is 21.6. The first-order valence-electron chi connectivity index (χ1n) is 10.7. The fraction of sp³-hybridized carbons (Fsp3) is 0. The lowest BCUT2D eigenvalue weighted by molar-refractivity contribution is 0.967. The van der Waals surface area contributed by atoms with Gasteiger partial charge in [0.2, 0.25) is 9.92 Å². The number of benzene rings is 3. The molecule has 0 saturated heterocycles. The number of hydrogen-bond donors (Lipinski definition) is 0. The van der Waals surface area contributed by atoms with Crippen molar-refractivity contribution in [1.29, 1.82) is 0 Å². The van der Waals surface area contributed by atoms with E-state index < -0.39 is 0 Å². The van der Waals surface area contributed by atoms with Crippen molar-refractivity contribution < 1.29 is 0 Å². The molecule has 0 fully saturated rings. The van der Waals surface area contributed by atoms with Gasteiger partial charge in [0.15, 0.2) is 11.6 Å². The van der Waals surface area contributed by atoms with Gasteiger partial charge in [-0.15, -0.1) is 20.4 Å². The van der Waals surface area contributed by atoms with Crippen LogP contribution in [0.4, 0.5) is 0 Å². The van der Waals surface area contributed by atoms with E-state index in [0.29, 0.717) is 31.6 Å². The highest BCUT2D eigenvalue weighted by Gasteiger charge is 2.18. The Kier molecular flexibility index (Phi) is 5.07. The minimum absolute atomic E-state index is 0.646. The number of aromatic nitrogens is 8. The van der Waals surface area contributed by atoms with Crippen molar-refractivity contribution >= 4 is 55.8 Å². The number of fused-ring (bicyclic) bond motifs is 2. The molecule has 12 heteroatoms. The van der Waals surface area contributed by atoms with Crippen LogP contribution in [0, 0.1) is 0 Å². The lowest BCUT2D eigenvalue weighted by atomic mass is 10.1. The maximum absolute atomic E-state index is 6.36. The van der Waals surface area contributed by atoms with Crippen LogP contribution in [0.3, 0.4) is 0 Å². The van der Waals surface area contributed by atoms with E-state index in [1.807, 2.05) is 72.8 Å². The summed E-state index contributed by atoms with van der Waals surface area (Å²) in [5.41, 5.74) is 3.48. The van der Waals surface area contributed by atoms with Crippen LogP contribution in [0.15, 0.2) is 72.8 Å². The molecule has 36 heavy (non-hydrogen) atoms. The Morgan fingerprint density at radius 3 is 1.36 bits per heavy atom. The van der Waals surface area contributed by atoms with Crippen molar-refractivity contribution in [3.63, 3.8) is 0 Å². The molecule has 0 spiro atoms. The maximum atomic E-state index is 6.36. The van der Waals surface area contributed by atoms with Gasteiger partial charge in [-0.1, -0.05) is 107 Å². The van der Waals surface area contributed by atoms with Gasteiger partial charge in [0.25, 0.3) is 0 Å². The molecule has 0 saturated carbocycles. The molecule has 8 nitrogen and oxygen atoms in total. The summed E-state index contributed by atoms with van der Waals surface area (Å²) in [7, 11) is 0. The topological polar surface area (TPSA) is 86.2 Å². The molecule has 0 bridgehead atoms. The van der Waals surface area contributed by atoms with Crippen molar-refractivity contribution in [2.45, 2.75) is 0 Å². The van der Waals surface area contributed by atoms with Crippen LogP contribution < -0.4 is 0 Å². The van der Waals surface area contributed by atoms with Crippen molar-refractivity contribution in [3.05, 3.63) is 82.8 Å². The zero-order valence-electron chi connectivity index (χ0n) is 18.1. The molecule has 0 atom stereocenters. The van der Waals surface area contributed by atoms with Crippen molar-refractivity contribution in [3.8, 4) is 43.9 Å². The third-order valence-corrected chi connectivity index (χ3v) is 8.11. The predicted molar refractivity (Wildman–Crippen MR) is 143 cm³/mol. The molecule has 0 aliphatic rings. The average Bonchev–Trinajstić information content (AvgIpc) is 3.66. The Labute approximate surface area is 221 Å². The highest BCUT2D eigenvalue weighted by molar-refractivity contribution is 7.20. The van der Waals surface area contributed by atoms with E-state index >= 15 is 0 Å². The van der Waals surface area contributed by atoms with Crippen molar-refractivity contribution in [2.75, 3.05) is 0 Å². The van der Waals surface area contributed by atoms with Gasteiger partial charge in [0, 0.05) is 22.3 Å². The largest absolute Gasteiger partial charge is 0.235 e. The first-order valence-corrected chi connectivity index (χ1v) is 13.1. The van der Waals surface area contributed by atoms with Gasteiger partial charge in [-0.3, -0.25) is 0 Å². The van der Waals surface area contributed by atoms with E-state index in [9.17, 15) is 0 Å². The van der Waals surface area contributed by atoms with Gasteiger partial charge in [0.1, 0.15) is 10.0 Å². The first-order chi connectivity index (χ1) is 17.7. The third kappa shape index (κ3) is 3.49. The van der Waals surface area contributed by atoms with Crippen molar-refractivity contribution in [2.24, 2.45) is 0 Å². The van der Waals surface area contributed by atoms with Gasteiger partial charge >= 0.3 is 0 Å². The molecule has 4 aromatic heterocycles. The highest BCUT2D eigenvalue weighted by atomic mass is 35.5. The Hall–Kier alpha value is -3.70. The molecule has 0 aliphatic heterocycles. The summed E-state index contributed by atoms with van der Waals surface area (Å²) < 4.78 is 3.48. The maximum Gasteiger partial charge on any atom is 0.235 e. The predicted octanol–water partition coefficient (Wildman–Crippen LogP) is 6.66. The van der Waals surface area contributed by atoms with E-state index in [4.69, 9.17) is 33.4 Å². The summed E-state index contributed by atoms with van der Waals surface area (Å²) in [6, 6.07) is 23.1.